The van der Waals surface area contributed by atoms with E-state index in [2.05, 4.69) is 26.1 Å². The lowest BCUT2D eigenvalue weighted by atomic mass is 10.0. The molecule has 0 heterocycles. The Hall–Kier alpha value is -0.890. The van der Waals surface area contributed by atoms with Gasteiger partial charge < -0.3 is 11.1 Å². The minimum Gasteiger partial charge on any atom is -0.398 e. The van der Waals surface area contributed by atoms with Gasteiger partial charge in [-0.15, -0.1) is 0 Å². The quantitative estimate of drug-likeness (QED) is 0.779. The molecule has 0 spiro atoms. The van der Waals surface area contributed by atoms with Crippen LogP contribution in [0.1, 0.15) is 32.8 Å². The Morgan fingerprint density at radius 3 is 2.50 bits per heavy atom. The second kappa shape index (κ2) is 5.44. The lowest BCUT2D eigenvalue weighted by molar-refractivity contribution is 0.539. The van der Waals surface area contributed by atoms with Crippen LogP contribution < -0.4 is 11.1 Å². The van der Waals surface area contributed by atoms with E-state index < -0.39 is 0 Å². The van der Waals surface area contributed by atoms with E-state index in [0.717, 1.165) is 17.7 Å². The van der Waals surface area contributed by atoms with Crippen LogP contribution in [0.25, 0.3) is 0 Å². The molecule has 90 valence electrons. The first-order valence-electron chi connectivity index (χ1n) is 5.72. The highest BCUT2D eigenvalue weighted by Gasteiger charge is 2.08. The van der Waals surface area contributed by atoms with Gasteiger partial charge in [0.15, 0.2) is 0 Å². The molecule has 16 heavy (non-hydrogen) atoms. The molecule has 1 unspecified atom stereocenters. The van der Waals surface area contributed by atoms with Crippen LogP contribution in [0.15, 0.2) is 12.1 Å². The fraction of sp³-hybridized carbons (Fsp3) is 0.538. The smallest absolute Gasteiger partial charge is 0.0656 e. The molecule has 0 bridgehead atoms. The number of benzene rings is 1. The number of aryl methyl sites for hydroxylation is 1. The summed E-state index contributed by atoms with van der Waals surface area (Å²) in [6.45, 7) is 8.67. The summed E-state index contributed by atoms with van der Waals surface area (Å²) in [4.78, 5) is 0. The third-order valence-electron chi connectivity index (χ3n) is 2.57. The van der Waals surface area contributed by atoms with Gasteiger partial charge in [0.05, 0.1) is 10.7 Å². The molecular weight excluding hydrogens is 220 g/mol. The monoisotopic (exact) mass is 240 g/mol. The first kappa shape index (κ1) is 13.2. The number of rotatable bonds is 4. The molecule has 0 aliphatic heterocycles. The predicted molar refractivity (Wildman–Crippen MR) is 73.1 cm³/mol. The van der Waals surface area contributed by atoms with E-state index in [9.17, 15) is 0 Å². The molecule has 0 saturated carbocycles. The number of nitrogen functional groups attached to an aromatic ring is 1. The molecule has 0 aliphatic carbocycles. The summed E-state index contributed by atoms with van der Waals surface area (Å²) in [6, 6.07) is 4.26. The summed E-state index contributed by atoms with van der Waals surface area (Å²) in [6.07, 6.45) is 1.14. The van der Waals surface area contributed by atoms with Crippen molar-refractivity contribution in [3.05, 3.63) is 22.7 Å². The highest BCUT2D eigenvalue weighted by atomic mass is 35.5. The zero-order valence-electron chi connectivity index (χ0n) is 10.5. The number of hydrogen-bond donors (Lipinski definition) is 2. The van der Waals surface area contributed by atoms with Crippen LogP contribution in [-0.2, 0) is 0 Å². The van der Waals surface area contributed by atoms with Gasteiger partial charge in [-0.05, 0) is 43.9 Å². The van der Waals surface area contributed by atoms with Gasteiger partial charge in [0.25, 0.3) is 0 Å². The maximum absolute atomic E-state index is 6.01. The topological polar surface area (TPSA) is 38.0 Å². The standard InChI is InChI=1S/C13H21ClN2/c1-8(2)5-10(4)16-13-7-11(14)12(15)6-9(13)3/h6-8,10,16H,5,15H2,1-4H3. The molecule has 0 radical (unpaired) electrons. The Balaban J connectivity index is 2.77. The van der Waals surface area contributed by atoms with E-state index >= 15 is 0 Å². The molecule has 3 heteroatoms. The van der Waals surface area contributed by atoms with Crippen LogP contribution in [-0.4, -0.2) is 6.04 Å². The number of nitrogens with one attached hydrogen (secondary N) is 1. The maximum Gasteiger partial charge on any atom is 0.0656 e. The van der Waals surface area contributed by atoms with Crippen molar-refractivity contribution in [2.75, 3.05) is 11.1 Å². The summed E-state index contributed by atoms with van der Waals surface area (Å²) in [7, 11) is 0. The SMILES string of the molecule is Cc1cc(N)c(Cl)cc1NC(C)CC(C)C. The third kappa shape index (κ3) is 3.60. The van der Waals surface area contributed by atoms with E-state index in [0.29, 0.717) is 22.7 Å². The van der Waals surface area contributed by atoms with E-state index in [4.69, 9.17) is 17.3 Å². The van der Waals surface area contributed by atoms with Crippen LogP contribution in [0, 0.1) is 12.8 Å². The third-order valence-corrected chi connectivity index (χ3v) is 2.90. The lowest BCUT2D eigenvalue weighted by Gasteiger charge is -2.19. The Labute approximate surface area is 103 Å². The molecule has 0 fully saturated rings. The number of hydrogen-bond acceptors (Lipinski definition) is 2. The number of anilines is 2. The lowest BCUT2D eigenvalue weighted by Crippen LogP contribution is -2.18. The molecule has 1 aromatic carbocycles. The van der Waals surface area contributed by atoms with Crippen LogP contribution in [0.3, 0.4) is 0 Å². The molecule has 2 nitrogen and oxygen atoms in total. The molecule has 0 aliphatic rings. The van der Waals surface area contributed by atoms with E-state index in [-0.39, 0.29) is 0 Å². The highest BCUT2D eigenvalue weighted by Crippen LogP contribution is 2.27. The van der Waals surface area contributed by atoms with Gasteiger partial charge in [-0.25, -0.2) is 0 Å². The molecule has 0 saturated heterocycles. The fourth-order valence-electron chi connectivity index (χ4n) is 1.89. The van der Waals surface area contributed by atoms with Crippen LogP contribution in [0.2, 0.25) is 5.02 Å². The Bertz CT molecular complexity index is 361. The largest absolute Gasteiger partial charge is 0.398 e. The summed E-state index contributed by atoms with van der Waals surface area (Å²) in [5.74, 6) is 0.687. The average molecular weight is 241 g/mol. The van der Waals surface area contributed by atoms with Crippen LogP contribution in [0.4, 0.5) is 11.4 Å². The normalized spacial score (nSPS) is 12.9. The zero-order valence-corrected chi connectivity index (χ0v) is 11.2. The molecular formula is C13H21ClN2. The molecule has 0 aromatic heterocycles. The minimum atomic E-state index is 0.443. The van der Waals surface area contributed by atoms with Crippen LogP contribution >= 0.6 is 11.6 Å². The Morgan fingerprint density at radius 2 is 1.94 bits per heavy atom. The van der Waals surface area contributed by atoms with Gasteiger partial charge >= 0.3 is 0 Å². The van der Waals surface area contributed by atoms with E-state index in [1.54, 1.807) is 0 Å². The van der Waals surface area contributed by atoms with Gasteiger partial charge in [0.1, 0.15) is 0 Å². The summed E-state index contributed by atoms with van der Waals surface area (Å²) >= 11 is 6.01. The van der Waals surface area contributed by atoms with Crippen molar-refractivity contribution in [3.8, 4) is 0 Å². The highest BCUT2D eigenvalue weighted by molar-refractivity contribution is 6.33. The van der Waals surface area contributed by atoms with Gasteiger partial charge in [0.2, 0.25) is 0 Å². The minimum absolute atomic E-state index is 0.443. The molecule has 0 amide bonds. The molecule has 1 rings (SSSR count). The molecule has 1 aromatic rings. The summed E-state index contributed by atoms with van der Waals surface area (Å²) < 4.78 is 0. The summed E-state index contributed by atoms with van der Waals surface area (Å²) in [5, 5.41) is 4.09. The second-order valence-electron chi connectivity index (χ2n) is 4.86. The maximum atomic E-state index is 6.01. The van der Waals surface area contributed by atoms with Crippen molar-refractivity contribution in [1.82, 2.24) is 0 Å². The van der Waals surface area contributed by atoms with Crippen molar-refractivity contribution >= 4 is 23.0 Å². The van der Waals surface area contributed by atoms with Crippen molar-refractivity contribution < 1.29 is 0 Å². The van der Waals surface area contributed by atoms with Crippen molar-refractivity contribution in [1.29, 1.82) is 0 Å². The fourth-order valence-corrected chi connectivity index (χ4v) is 2.05. The Kier molecular flexibility index (Phi) is 4.48. The average Bonchev–Trinajstić information content (AvgIpc) is 2.12. The zero-order chi connectivity index (χ0) is 12.3. The van der Waals surface area contributed by atoms with Gasteiger partial charge in [-0.3, -0.25) is 0 Å². The van der Waals surface area contributed by atoms with Gasteiger partial charge in [-0.1, -0.05) is 25.4 Å². The van der Waals surface area contributed by atoms with Crippen molar-refractivity contribution in [2.24, 2.45) is 5.92 Å². The Morgan fingerprint density at radius 1 is 1.31 bits per heavy atom. The van der Waals surface area contributed by atoms with Crippen molar-refractivity contribution in [3.63, 3.8) is 0 Å². The molecule has 3 N–H and O–H groups in total. The van der Waals surface area contributed by atoms with Crippen molar-refractivity contribution in [2.45, 2.75) is 40.2 Å². The second-order valence-corrected chi connectivity index (χ2v) is 5.27. The van der Waals surface area contributed by atoms with Crippen LogP contribution in [0.5, 0.6) is 0 Å². The summed E-state index contributed by atoms with van der Waals surface area (Å²) in [5.41, 5.74) is 8.59. The first-order chi connectivity index (χ1) is 7.40. The first-order valence-corrected chi connectivity index (χ1v) is 6.10. The van der Waals surface area contributed by atoms with Gasteiger partial charge in [-0.2, -0.15) is 0 Å². The molecule has 1 atom stereocenters. The van der Waals surface area contributed by atoms with E-state index in [1.165, 1.54) is 0 Å². The number of nitrogens with two attached hydrogens (primary N) is 1. The van der Waals surface area contributed by atoms with E-state index in [1.807, 2.05) is 19.1 Å². The predicted octanol–water partition coefficient (Wildman–Crippen LogP) is 4.08. The number of halogens is 1. The van der Waals surface area contributed by atoms with Gasteiger partial charge in [0, 0.05) is 11.7 Å².